The quantitative estimate of drug-likeness (QED) is 0.481. The number of ether oxygens (including phenoxy) is 1. The minimum atomic E-state index is -1.82. The highest BCUT2D eigenvalue weighted by molar-refractivity contribution is 7.17. The molecule has 1 aromatic heterocycles. The Morgan fingerprint density at radius 1 is 1.03 bits per heavy atom. The number of aliphatic carboxylic acids is 2. The molecule has 0 atom stereocenters. The van der Waals surface area contributed by atoms with Gasteiger partial charge < -0.3 is 20.3 Å². The molecule has 9 nitrogen and oxygen atoms in total. The molecule has 3 N–H and O–H groups in total. The summed E-state index contributed by atoms with van der Waals surface area (Å²) >= 11 is 1.55. The predicted octanol–water partition coefficient (Wildman–Crippen LogP) is 1.99. The van der Waals surface area contributed by atoms with Gasteiger partial charge in [-0.05, 0) is 64.1 Å². The first-order valence-electron chi connectivity index (χ1n) is 9.63. The number of thiophene rings is 1. The molecular formula is C19H26N2O7S. The van der Waals surface area contributed by atoms with Gasteiger partial charge in [-0.1, -0.05) is 0 Å². The minimum Gasteiger partial charge on any atom is -0.473 e. The zero-order valence-electron chi connectivity index (χ0n) is 16.4. The molecule has 160 valence electrons. The molecule has 1 fully saturated rings. The summed E-state index contributed by atoms with van der Waals surface area (Å²) in [5.74, 6) is -3.98. The Balaban J connectivity index is 0.000000438. The monoisotopic (exact) mass is 426 g/mol. The number of fused-ring (bicyclic) bond motifs is 1. The molecule has 29 heavy (non-hydrogen) atoms. The van der Waals surface area contributed by atoms with Gasteiger partial charge >= 0.3 is 17.9 Å². The van der Waals surface area contributed by atoms with E-state index >= 15 is 0 Å². The molecule has 1 aliphatic heterocycles. The molecule has 3 rings (SSSR count). The van der Waals surface area contributed by atoms with Crippen LogP contribution in [0.15, 0.2) is 0 Å². The van der Waals surface area contributed by atoms with E-state index in [1.165, 1.54) is 4.88 Å². The van der Waals surface area contributed by atoms with Crippen molar-refractivity contribution in [3.63, 3.8) is 0 Å². The minimum absolute atomic E-state index is 0.0314. The van der Waals surface area contributed by atoms with Gasteiger partial charge in [0, 0.05) is 4.88 Å². The first kappa shape index (κ1) is 22.8. The molecule has 0 unspecified atom stereocenters. The van der Waals surface area contributed by atoms with Gasteiger partial charge in [0.1, 0.15) is 5.00 Å². The Morgan fingerprint density at radius 3 is 2.24 bits per heavy atom. The second kappa shape index (κ2) is 10.9. The summed E-state index contributed by atoms with van der Waals surface area (Å²) in [7, 11) is 0. The zero-order chi connectivity index (χ0) is 21.4. The first-order chi connectivity index (χ1) is 13.8. The zero-order valence-corrected chi connectivity index (χ0v) is 17.2. The highest BCUT2D eigenvalue weighted by atomic mass is 32.1. The van der Waals surface area contributed by atoms with Crippen molar-refractivity contribution in [2.24, 2.45) is 0 Å². The maximum atomic E-state index is 12.3. The van der Waals surface area contributed by atoms with E-state index in [-0.39, 0.29) is 11.9 Å². The molecule has 2 aliphatic rings. The van der Waals surface area contributed by atoms with E-state index in [2.05, 4.69) is 10.2 Å². The molecule has 0 bridgehead atoms. The number of esters is 1. The van der Waals surface area contributed by atoms with Crippen LogP contribution < -0.4 is 5.32 Å². The normalized spacial score (nSPS) is 15.6. The largest absolute Gasteiger partial charge is 0.473 e. The number of hydrogen-bond acceptors (Lipinski definition) is 7. The Kier molecular flexibility index (Phi) is 8.59. The maximum Gasteiger partial charge on any atom is 0.414 e. The Bertz CT molecular complexity index is 757. The third kappa shape index (κ3) is 6.53. The Morgan fingerprint density at radius 2 is 1.66 bits per heavy atom. The van der Waals surface area contributed by atoms with Crippen LogP contribution >= 0.6 is 11.3 Å². The standard InChI is InChI=1S/C17H24N2O3S.C2H2O4/c1-2-22-17(21)15-12-7-3-4-8-13(12)23-16(15)18-14(20)11-19-9-5-6-10-19;3-1(4)2(5)6/h2-11H2,1H3,(H,18,20);(H,3,4)(H,5,6). The lowest BCUT2D eigenvalue weighted by Crippen LogP contribution is -2.31. The number of aryl methyl sites for hydroxylation is 1. The lowest BCUT2D eigenvalue weighted by Gasteiger charge is -2.14. The number of carboxylic acid groups (broad SMARTS) is 2. The van der Waals surface area contributed by atoms with E-state index in [4.69, 9.17) is 24.5 Å². The molecule has 0 saturated carbocycles. The predicted molar refractivity (Wildman–Crippen MR) is 106 cm³/mol. The van der Waals surface area contributed by atoms with E-state index < -0.39 is 11.9 Å². The second-order valence-corrected chi connectivity index (χ2v) is 7.88. The van der Waals surface area contributed by atoms with E-state index in [0.717, 1.165) is 57.2 Å². The molecular weight excluding hydrogens is 400 g/mol. The Labute approximate surface area is 172 Å². The third-order valence-electron chi connectivity index (χ3n) is 4.65. The van der Waals surface area contributed by atoms with E-state index in [9.17, 15) is 9.59 Å². The second-order valence-electron chi connectivity index (χ2n) is 6.78. The summed E-state index contributed by atoms with van der Waals surface area (Å²) in [6.07, 6.45) is 6.47. The fourth-order valence-corrected chi connectivity index (χ4v) is 4.68. The van der Waals surface area contributed by atoms with Gasteiger partial charge in [-0.15, -0.1) is 11.3 Å². The first-order valence-corrected chi connectivity index (χ1v) is 10.4. The number of hydrogen-bond donors (Lipinski definition) is 3. The van der Waals surface area contributed by atoms with Gasteiger partial charge in [0.25, 0.3) is 0 Å². The van der Waals surface area contributed by atoms with Crippen LogP contribution in [0.2, 0.25) is 0 Å². The van der Waals surface area contributed by atoms with Crippen LogP contribution in [0.1, 0.15) is 53.4 Å². The van der Waals surface area contributed by atoms with Gasteiger partial charge in [0.15, 0.2) is 0 Å². The van der Waals surface area contributed by atoms with Crippen LogP contribution in [-0.2, 0) is 32.0 Å². The Hall–Kier alpha value is -2.46. The van der Waals surface area contributed by atoms with Crippen molar-refractivity contribution in [2.75, 3.05) is 31.6 Å². The molecule has 1 aromatic rings. The summed E-state index contributed by atoms with van der Waals surface area (Å²) in [6.45, 7) is 4.54. The number of nitrogens with zero attached hydrogens (tertiary/aromatic N) is 1. The molecule has 1 saturated heterocycles. The summed E-state index contributed by atoms with van der Waals surface area (Å²) < 4.78 is 5.21. The average molecular weight is 426 g/mol. The highest BCUT2D eigenvalue weighted by Crippen LogP contribution is 2.38. The van der Waals surface area contributed by atoms with Crippen molar-refractivity contribution in [2.45, 2.75) is 45.4 Å². The van der Waals surface area contributed by atoms with Crippen molar-refractivity contribution < 1.29 is 34.1 Å². The fraction of sp³-hybridized carbons (Fsp3) is 0.579. The van der Waals surface area contributed by atoms with Gasteiger partial charge in [-0.3, -0.25) is 9.69 Å². The molecule has 0 radical (unpaired) electrons. The van der Waals surface area contributed by atoms with Gasteiger partial charge in [0.05, 0.1) is 18.7 Å². The van der Waals surface area contributed by atoms with Crippen molar-refractivity contribution in [1.82, 2.24) is 4.90 Å². The van der Waals surface area contributed by atoms with Crippen molar-refractivity contribution >= 4 is 40.2 Å². The molecule has 0 aromatic carbocycles. The van der Waals surface area contributed by atoms with E-state index in [0.29, 0.717) is 23.7 Å². The van der Waals surface area contributed by atoms with Crippen LogP contribution in [0.3, 0.4) is 0 Å². The SMILES string of the molecule is CCOC(=O)c1c(NC(=O)CN2CCCC2)sc2c1CCCC2.O=C(O)C(=O)O. The van der Waals surface area contributed by atoms with E-state index in [1.807, 2.05) is 6.92 Å². The summed E-state index contributed by atoms with van der Waals surface area (Å²) in [5, 5.41) is 18.4. The molecule has 0 spiro atoms. The van der Waals surface area contributed by atoms with Crippen LogP contribution in [0.5, 0.6) is 0 Å². The van der Waals surface area contributed by atoms with Crippen LogP contribution in [0.25, 0.3) is 0 Å². The number of carboxylic acids is 2. The number of likely N-dealkylation sites (tertiary alicyclic amines) is 1. The smallest absolute Gasteiger partial charge is 0.414 e. The maximum absolute atomic E-state index is 12.3. The van der Waals surface area contributed by atoms with Crippen LogP contribution in [0, 0.1) is 0 Å². The fourth-order valence-electron chi connectivity index (χ4n) is 3.38. The summed E-state index contributed by atoms with van der Waals surface area (Å²) in [5.41, 5.74) is 1.69. The lowest BCUT2D eigenvalue weighted by atomic mass is 9.95. The number of nitrogens with one attached hydrogen (secondary N) is 1. The van der Waals surface area contributed by atoms with E-state index in [1.54, 1.807) is 11.3 Å². The number of carbonyl (C=O) groups excluding carboxylic acids is 2. The number of rotatable bonds is 5. The van der Waals surface area contributed by atoms with Gasteiger partial charge in [0.2, 0.25) is 5.91 Å². The lowest BCUT2D eigenvalue weighted by molar-refractivity contribution is -0.159. The highest BCUT2D eigenvalue weighted by Gasteiger charge is 2.27. The van der Waals surface area contributed by atoms with Crippen LogP contribution in [0.4, 0.5) is 5.00 Å². The number of carbonyl (C=O) groups is 4. The average Bonchev–Trinajstić information content (AvgIpc) is 3.29. The number of amides is 1. The van der Waals surface area contributed by atoms with Crippen molar-refractivity contribution in [3.8, 4) is 0 Å². The van der Waals surface area contributed by atoms with Crippen molar-refractivity contribution in [1.29, 1.82) is 0 Å². The molecule has 1 amide bonds. The number of anilines is 1. The van der Waals surface area contributed by atoms with Gasteiger partial charge in [-0.2, -0.15) is 0 Å². The molecule has 10 heteroatoms. The topological polar surface area (TPSA) is 133 Å². The molecule has 1 aliphatic carbocycles. The van der Waals surface area contributed by atoms with Crippen molar-refractivity contribution in [3.05, 3.63) is 16.0 Å². The third-order valence-corrected chi connectivity index (χ3v) is 5.86. The molecule has 2 heterocycles. The van der Waals surface area contributed by atoms with Gasteiger partial charge in [-0.25, -0.2) is 14.4 Å². The van der Waals surface area contributed by atoms with Crippen LogP contribution in [-0.4, -0.2) is 65.2 Å². The summed E-state index contributed by atoms with van der Waals surface area (Å²) in [4.78, 5) is 46.3. The summed E-state index contributed by atoms with van der Waals surface area (Å²) in [6, 6.07) is 0.